The molecule has 3 rings (SSSR count). The zero-order chi connectivity index (χ0) is 20.6. The van der Waals surface area contributed by atoms with Crippen LogP contribution in [0.15, 0.2) is 42.5 Å². The van der Waals surface area contributed by atoms with Crippen LogP contribution < -0.4 is 19.5 Å². The molecule has 0 aliphatic carbocycles. The van der Waals surface area contributed by atoms with E-state index >= 15 is 0 Å². The number of hydrogen-bond donors (Lipinski definition) is 1. The molecule has 1 amide bonds. The van der Waals surface area contributed by atoms with Gasteiger partial charge >= 0.3 is 0 Å². The van der Waals surface area contributed by atoms with Crippen molar-refractivity contribution in [2.75, 3.05) is 34.4 Å². The van der Waals surface area contributed by atoms with Crippen molar-refractivity contribution >= 4 is 5.91 Å². The van der Waals surface area contributed by atoms with Crippen molar-refractivity contribution in [2.24, 2.45) is 5.92 Å². The summed E-state index contributed by atoms with van der Waals surface area (Å²) in [6, 6.07) is 13.6. The fourth-order valence-electron chi connectivity index (χ4n) is 3.68. The molecule has 1 aliphatic heterocycles. The summed E-state index contributed by atoms with van der Waals surface area (Å²) in [5.74, 6) is 2.72. The summed E-state index contributed by atoms with van der Waals surface area (Å²) in [7, 11) is 5.00. The molecule has 0 aromatic heterocycles. The average molecular weight is 399 g/mol. The van der Waals surface area contributed by atoms with Gasteiger partial charge in [-0.3, -0.25) is 9.69 Å². The lowest BCUT2D eigenvalue weighted by Gasteiger charge is -2.31. The molecule has 0 unspecified atom stereocenters. The summed E-state index contributed by atoms with van der Waals surface area (Å²) in [6.45, 7) is 3.12. The third kappa shape index (κ3) is 5.64. The Hall–Kier alpha value is -2.73. The lowest BCUT2D eigenvalue weighted by molar-refractivity contribution is -0.126. The maximum Gasteiger partial charge on any atom is 0.223 e. The first-order valence-electron chi connectivity index (χ1n) is 9.97. The van der Waals surface area contributed by atoms with Gasteiger partial charge in [-0.25, -0.2) is 0 Å². The van der Waals surface area contributed by atoms with E-state index in [-0.39, 0.29) is 11.8 Å². The largest absolute Gasteiger partial charge is 0.497 e. The Balaban J connectivity index is 1.48. The number of hydrogen-bond acceptors (Lipinski definition) is 5. The Kier molecular flexibility index (Phi) is 7.36. The quantitative estimate of drug-likeness (QED) is 0.740. The van der Waals surface area contributed by atoms with Crippen LogP contribution in [0, 0.1) is 5.92 Å². The normalized spacial score (nSPS) is 15.0. The molecule has 1 aliphatic rings. The summed E-state index contributed by atoms with van der Waals surface area (Å²) in [6.07, 6.45) is 1.72. The van der Waals surface area contributed by atoms with Crippen LogP contribution in [-0.2, 0) is 17.9 Å². The molecule has 1 saturated heterocycles. The van der Waals surface area contributed by atoms with Crippen LogP contribution in [0.1, 0.15) is 24.0 Å². The third-order valence-corrected chi connectivity index (χ3v) is 5.47. The second kappa shape index (κ2) is 10.2. The highest BCUT2D eigenvalue weighted by atomic mass is 16.5. The molecule has 1 heterocycles. The Labute approximate surface area is 172 Å². The van der Waals surface area contributed by atoms with Gasteiger partial charge in [0.15, 0.2) is 0 Å². The maximum atomic E-state index is 12.6. The molecule has 6 heteroatoms. The van der Waals surface area contributed by atoms with Crippen molar-refractivity contribution in [1.29, 1.82) is 0 Å². The van der Waals surface area contributed by atoms with Gasteiger partial charge in [-0.2, -0.15) is 0 Å². The van der Waals surface area contributed by atoms with Gasteiger partial charge in [-0.05, 0) is 61.8 Å². The minimum absolute atomic E-state index is 0.0664. The van der Waals surface area contributed by atoms with E-state index in [1.54, 1.807) is 21.3 Å². The summed E-state index contributed by atoms with van der Waals surface area (Å²) >= 11 is 0. The van der Waals surface area contributed by atoms with Crippen LogP contribution in [0.3, 0.4) is 0 Å². The molecule has 2 aromatic rings. The van der Waals surface area contributed by atoms with Gasteiger partial charge in [0, 0.05) is 24.6 Å². The molecule has 0 bridgehead atoms. The number of piperidine rings is 1. The van der Waals surface area contributed by atoms with Gasteiger partial charge < -0.3 is 19.5 Å². The van der Waals surface area contributed by atoms with Crippen molar-refractivity contribution in [3.05, 3.63) is 53.6 Å². The Bertz CT molecular complexity index is 799. The number of benzene rings is 2. The van der Waals surface area contributed by atoms with Gasteiger partial charge in [-0.15, -0.1) is 0 Å². The summed E-state index contributed by atoms with van der Waals surface area (Å²) in [5.41, 5.74) is 2.18. The predicted octanol–water partition coefficient (Wildman–Crippen LogP) is 3.24. The zero-order valence-electron chi connectivity index (χ0n) is 17.4. The van der Waals surface area contributed by atoms with E-state index in [0.717, 1.165) is 60.9 Å². The highest BCUT2D eigenvalue weighted by Gasteiger charge is 2.25. The van der Waals surface area contributed by atoms with Gasteiger partial charge in [0.2, 0.25) is 5.91 Å². The van der Waals surface area contributed by atoms with E-state index in [1.807, 2.05) is 42.5 Å². The number of nitrogens with one attached hydrogen (secondary N) is 1. The number of amides is 1. The van der Waals surface area contributed by atoms with E-state index in [4.69, 9.17) is 14.2 Å². The molecule has 156 valence electrons. The fraction of sp³-hybridized carbons (Fsp3) is 0.435. The van der Waals surface area contributed by atoms with Crippen LogP contribution in [0.25, 0.3) is 0 Å². The van der Waals surface area contributed by atoms with Crippen LogP contribution in [0.5, 0.6) is 17.2 Å². The zero-order valence-corrected chi connectivity index (χ0v) is 17.4. The Morgan fingerprint density at radius 2 is 1.62 bits per heavy atom. The molecule has 2 aromatic carbocycles. The number of carbonyl (C=O) groups is 1. The summed E-state index contributed by atoms with van der Waals surface area (Å²) < 4.78 is 16.0. The van der Waals surface area contributed by atoms with Crippen molar-refractivity contribution in [3.63, 3.8) is 0 Å². The SMILES string of the molecule is COc1ccc(CNC(=O)C2CCN(Cc3cc(OC)ccc3OC)CC2)cc1. The highest BCUT2D eigenvalue weighted by Crippen LogP contribution is 2.27. The number of methoxy groups -OCH3 is 3. The number of carbonyl (C=O) groups excluding carboxylic acids is 1. The Morgan fingerprint density at radius 1 is 0.966 bits per heavy atom. The lowest BCUT2D eigenvalue weighted by atomic mass is 9.95. The standard InChI is InChI=1S/C23H30N2O4/c1-27-20-6-4-17(5-7-20)15-24-23(26)18-10-12-25(13-11-18)16-19-14-21(28-2)8-9-22(19)29-3/h4-9,14,18H,10-13,15-16H2,1-3H3,(H,24,26). The number of nitrogens with zero attached hydrogens (tertiary/aromatic N) is 1. The van der Waals surface area contributed by atoms with Gasteiger partial charge in [0.1, 0.15) is 17.2 Å². The van der Waals surface area contributed by atoms with E-state index < -0.39 is 0 Å². The van der Waals surface area contributed by atoms with Crippen molar-refractivity contribution in [3.8, 4) is 17.2 Å². The molecule has 6 nitrogen and oxygen atoms in total. The minimum Gasteiger partial charge on any atom is -0.497 e. The minimum atomic E-state index is 0.0664. The molecule has 1 fully saturated rings. The smallest absolute Gasteiger partial charge is 0.223 e. The van der Waals surface area contributed by atoms with Gasteiger partial charge in [0.25, 0.3) is 0 Å². The van der Waals surface area contributed by atoms with E-state index in [9.17, 15) is 4.79 Å². The van der Waals surface area contributed by atoms with E-state index in [2.05, 4.69) is 10.2 Å². The molecule has 0 spiro atoms. The molecule has 0 saturated carbocycles. The number of rotatable bonds is 8. The van der Waals surface area contributed by atoms with Crippen molar-refractivity contribution < 1.29 is 19.0 Å². The first-order chi connectivity index (χ1) is 14.1. The molecular weight excluding hydrogens is 368 g/mol. The van der Waals surface area contributed by atoms with E-state index in [1.165, 1.54) is 0 Å². The monoisotopic (exact) mass is 398 g/mol. The summed E-state index contributed by atoms with van der Waals surface area (Å²) in [4.78, 5) is 14.9. The van der Waals surface area contributed by atoms with Crippen LogP contribution >= 0.6 is 0 Å². The molecule has 1 N–H and O–H groups in total. The first kappa shape index (κ1) is 21.0. The van der Waals surface area contributed by atoms with Crippen molar-refractivity contribution in [1.82, 2.24) is 10.2 Å². The lowest BCUT2D eigenvalue weighted by Crippen LogP contribution is -2.40. The van der Waals surface area contributed by atoms with Crippen molar-refractivity contribution in [2.45, 2.75) is 25.9 Å². The third-order valence-electron chi connectivity index (χ3n) is 5.47. The second-order valence-corrected chi connectivity index (χ2v) is 7.29. The fourth-order valence-corrected chi connectivity index (χ4v) is 3.68. The molecule has 0 radical (unpaired) electrons. The number of ether oxygens (including phenoxy) is 3. The summed E-state index contributed by atoms with van der Waals surface area (Å²) in [5, 5.41) is 3.07. The van der Waals surface area contributed by atoms with Crippen LogP contribution in [0.4, 0.5) is 0 Å². The Morgan fingerprint density at radius 3 is 2.24 bits per heavy atom. The van der Waals surface area contributed by atoms with Gasteiger partial charge in [-0.1, -0.05) is 12.1 Å². The topological polar surface area (TPSA) is 60.0 Å². The van der Waals surface area contributed by atoms with Crippen LogP contribution in [-0.4, -0.2) is 45.2 Å². The molecule has 0 atom stereocenters. The van der Waals surface area contributed by atoms with Gasteiger partial charge in [0.05, 0.1) is 21.3 Å². The number of likely N-dealkylation sites (tertiary alicyclic amines) is 1. The second-order valence-electron chi connectivity index (χ2n) is 7.29. The molecular formula is C23H30N2O4. The average Bonchev–Trinajstić information content (AvgIpc) is 2.78. The van der Waals surface area contributed by atoms with Crippen LogP contribution in [0.2, 0.25) is 0 Å². The first-order valence-corrected chi connectivity index (χ1v) is 9.97. The van der Waals surface area contributed by atoms with E-state index in [0.29, 0.717) is 6.54 Å². The predicted molar refractivity (Wildman–Crippen MR) is 112 cm³/mol. The molecule has 29 heavy (non-hydrogen) atoms. The maximum absolute atomic E-state index is 12.6. The highest BCUT2D eigenvalue weighted by molar-refractivity contribution is 5.78.